The Morgan fingerprint density at radius 3 is 2.25 bits per heavy atom. The summed E-state index contributed by atoms with van der Waals surface area (Å²) >= 11 is 0. The van der Waals surface area contributed by atoms with Crippen LogP contribution >= 0.6 is 0 Å². The minimum atomic E-state index is -3.92. The number of fused-ring (bicyclic) bond motifs is 1. The van der Waals surface area contributed by atoms with Crippen molar-refractivity contribution in [3.05, 3.63) is 71.8 Å². The maximum absolute atomic E-state index is 14.4. The second-order valence-corrected chi connectivity index (χ2v) is 15.0. The monoisotopic (exact) mass is 568 g/mol. The van der Waals surface area contributed by atoms with Crippen molar-refractivity contribution < 1.29 is 27.5 Å². The molecule has 1 aliphatic heterocycles. The number of rotatable bonds is 7. The van der Waals surface area contributed by atoms with Crippen molar-refractivity contribution in [3.8, 4) is 0 Å². The highest BCUT2D eigenvalue weighted by Gasteiger charge is 2.73. The average molecular weight is 569 g/mol. The summed E-state index contributed by atoms with van der Waals surface area (Å²) in [5.74, 6) is -0.329. The summed E-state index contributed by atoms with van der Waals surface area (Å²) in [4.78, 5) is 27.4. The quantitative estimate of drug-likeness (QED) is 0.492. The van der Waals surface area contributed by atoms with Crippen molar-refractivity contribution in [3.63, 3.8) is 0 Å². The Morgan fingerprint density at radius 1 is 1.05 bits per heavy atom. The second-order valence-electron chi connectivity index (χ2n) is 13.0. The Kier molecular flexibility index (Phi) is 7.28. The molecule has 216 valence electrons. The van der Waals surface area contributed by atoms with Crippen molar-refractivity contribution in [1.82, 2.24) is 9.62 Å². The van der Waals surface area contributed by atoms with Gasteiger partial charge in [-0.2, -0.15) is 0 Å². The molecule has 0 radical (unpaired) electrons. The number of sulfonamides is 1. The van der Waals surface area contributed by atoms with Gasteiger partial charge in [-0.05, 0) is 62.5 Å². The molecule has 5 unspecified atom stereocenters. The highest BCUT2D eigenvalue weighted by molar-refractivity contribution is 7.90. The Morgan fingerprint density at radius 2 is 1.68 bits per heavy atom. The molecule has 3 fully saturated rings. The minimum Gasteiger partial charge on any atom is -0.444 e. The number of alkyl carbamates (subject to hydrolysis) is 1. The predicted molar refractivity (Wildman–Crippen MR) is 152 cm³/mol. The van der Waals surface area contributed by atoms with Crippen molar-refractivity contribution in [2.45, 2.75) is 83.5 Å². The molecule has 8 nitrogen and oxygen atoms in total. The number of carbonyl (C=O) groups is 2. The van der Waals surface area contributed by atoms with Gasteiger partial charge in [-0.3, -0.25) is 4.79 Å². The van der Waals surface area contributed by atoms with E-state index < -0.39 is 50.4 Å². The van der Waals surface area contributed by atoms with Crippen LogP contribution in [0.3, 0.4) is 0 Å². The molecule has 2 saturated carbocycles. The molecule has 1 spiro atoms. The summed E-state index contributed by atoms with van der Waals surface area (Å²) in [6.07, 6.45) is 0.309. The maximum atomic E-state index is 14.4. The van der Waals surface area contributed by atoms with Crippen LogP contribution in [0.25, 0.3) is 0 Å². The lowest BCUT2D eigenvalue weighted by Crippen LogP contribution is -2.50. The van der Waals surface area contributed by atoms with Crippen LogP contribution < -0.4 is 5.32 Å². The van der Waals surface area contributed by atoms with Gasteiger partial charge in [-0.1, -0.05) is 74.5 Å². The molecule has 1 saturated heterocycles. The van der Waals surface area contributed by atoms with Gasteiger partial charge in [-0.15, -0.1) is 0 Å². The molecular formula is C31H40N2O6S. The van der Waals surface area contributed by atoms with Crippen LogP contribution in [0.4, 0.5) is 4.79 Å². The normalized spacial score (nSPS) is 27.6. The first-order valence-electron chi connectivity index (χ1n) is 14.0. The fourth-order valence-electron chi connectivity index (χ4n) is 7.13. The van der Waals surface area contributed by atoms with Gasteiger partial charge in [0.2, 0.25) is 10.0 Å². The molecule has 1 N–H and O–H groups in total. The van der Waals surface area contributed by atoms with Crippen LogP contribution in [0, 0.1) is 16.7 Å². The standard InChI is InChI=1S/C31H40N2O6S/c1-29(2,3)39-28(35)32-25(22-14-10-7-11-15-22)26(38-19-21-12-8-6-9-13-21)27(34)33-20-31-17-16-23(30(31,4)5)18-24(31)40(33,36)37/h6-15,23-26H,16-20H2,1-5H3,(H,32,35). The number of benzene rings is 2. The molecule has 2 bridgehead atoms. The van der Waals surface area contributed by atoms with E-state index in [1.807, 2.05) is 36.4 Å². The van der Waals surface area contributed by atoms with Gasteiger partial charge in [0.05, 0.1) is 17.9 Å². The number of hydrogen-bond acceptors (Lipinski definition) is 6. The van der Waals surface area contributed by atoms with Crippen LogP contribution in [0.15, 0.2) is 60.7 Å². The van der Waals surface area contributed by atoms with Crippen molar-refractivity contribution >= 4 is 22.0 Å². The third kappa shape index (κ3) is 4.91. The van der Waals surface area contributed by atoms with Gasteiger partial charge in [0.1, 0.15) is 5.60 Å². The molecular weight excluding hydrogens is 528 g/mol. The fourth-order valence-corrected chi connectivity index (χ4v) is 9.74. The summed E-state index contributed by atoms with van der Waals surface area (Å²) in [6.45, 7) is 9.76. The maximum Gasteiger partial charge on any atom is 0.408 e. The number of ether oxygens (including phenoxy) is 2. The van der Waals surface area contributed by atoms with E-state index in [0.717, 1.165) is 22.7 Å². The van der Waals surface area contributed by atoms with Gasteiger partial charge in [-0.25, -0.2) is 17.5 Å². The fraction of sp³-hybridized carbons (Fsp3) is 0.548. The third-order valence-corrected chi connectivity index (χ3v) is 11.6. The first-order valence-corrected chi connectivity index (χ1v) is 15.5. The molecule has 2 aromatic rings. The summed E-state index contributed by atoms with van der Waals surface area (Å²) in [6, 6.07) is 17.4. The third-order valence-electron chi connectivity index (χ3n) is 9.35. The summed E-state index contributed by atoms with van der Waals surface area (Å²) in [5, 5.41) is 2.25. The zero-order valence-corrected chi connectivity index (χ0v) is 24.7. The molecule has 1 heterocycles. The number of nitrogens with one attached hydrogen (secondary N) is 1. The first-order chi connectivity index (χ1) is 18.8. The van der Waals surface area contributed by atoms with E-state index in [1.165, 1.54) is 0 Å². The minimum absolute atomic E-state index is 0.0621. The van der Waals surface area contributed by atoms with E-state index in [2.05, 4.69) is 19.2 Å². The SMILES string of the molecule is CC(C)(C)OC(=O)NC(c1ccccc1)C(OCc1ccccc1)C(=O)N1CC23CCC(CC2S1(=O)=O)C3(C)C. The molecule has 2 amide bonds. The Balaban J connectivity index is 1.52. The number of hydrogen-bond donors (Lipinski definition) is 1. The molecule has 5 rings (SSSR count). The van der Waals surface area contributed by atoms with Gasteiger partial charge in [0.25, 0.3) is 5.91 Å². The van der Waals surface area contributed by atoms with Crippen LogP contribution in [-0.4, -0.2) is 48.2 Å². The largest absolute Gasteiger partial charge is 0.444 e. The van der Waals surface area contributed by atoms with E-state index in [4.69, 9.17) is 9.47 Å². The van der Waals surface area contributed by atoms with Gasteiger partial charge >= 0.3 is 6.09 Å². The molecule has 40 heavy (non-hydrogen) atoms. The van der Waals surface area contributed by atoms with Gasteiger partial charge in [0, 0.05) is 12.0 Å². The van der Waals surface area contributed by atoms with E-state index in [0.29, 0.717) is 17.9 Å². The predicted octanol–water partition coefficient (Wildman–Crippen LogP) is 5.20. The second kappa shape index (κ2) is 10.2. The van der Waals surface area contributed by atoms with Gasteiger partial charge in [0.15, 0.2) is 6.10 Å². The van der Waals surface area contributed by atoms with Crippen molar-refractivity contribution in [2.75, 3.05) is 6.54 Å². The first kappa shape index (κ1) is 28.6. The lowest BCUT2D eigenvalue weighted by molar-refractivity contribution is -0.142. The molecule has 5 atom stereocenters. The molecule has 0 aromatic heterocycles. The molecule has 3 aliphatic rings. The molecule has 2 aliphatic carbocycles. The summed E-state index contributed by atoms with van der Waals surface area (Å²) in [7, 11) is -3.92. The average Bonchev–Trinajstić information content (AvgIpc) is 3.39. The summed E-state index contributed by atoms with van der Waals surface area (Å²) < 4.78 is 40.8. The lowest BCUT2D eigenvalue weighted by atomic mass is 9.69. The van der Waals surface area contributed by atoms with Crippen molar-refractivity contribution in [2.24, 2.45) is 16.7 Å². The number of amides is 2. The topological polar surface area (TPSA) is 102 Å². The van der Waals surface area contributed by atoms with Crippen LogP contribution in [0.1, 0.15) is 71.0 Å². The zero-order chi connectivity index (χ0) is 28.9. The van der Waals surface area contributed by atoms with E-state index >= 15 is 0 Å². The lowest BCUT2D eigenvalue weighted by Gasteiger charge is -2.37. The highest BCUT2D eigenvalue weighted by atomic mass is 32.2. The number of carbonyl (C=O) groups excluding carboxylic acids is 2. The van der Waals surface area contributed by atoms with Crippen LogP contribution in [-0.2, 0) is 30.9 Å². The van der Waals surface area contributed by atoms with E-state index in [9.17, 15) is 18.0 Å². The smallest absolute Gasteiger partial charge is 0.408 e. The van der Waals surface area contributed by atoms with Gasteiger partial charge < -0.3 is 14.8 Å². The Bertz CT molecular complexity index is 1360. The Hall–Kier alpha value is -2.91. The zero-order valence-electron chi connectivity index (χ0n) is 23.9. The van der Waals surface area contributed by atoms with Crippen LogP contribution in [0.5, 0.6) is 0 Å². The van der Waals surface area contributed by atoms with E-state index in [-0.39, 0.29) is 18.6 Å². The molecule has 9 heteroatoms. The van der Waals surface area contributed by atoms with Crippen molar-refractivity contribution in [1.29, 1.82) is 0 Å². The van der Waals surface area contributed by atoms with Crippen LogP contribution in [0.2, 0.25) is 0 Å². The molecule has 2 aromatic carbocycles. The van der Waals surface area contributed by atoms with E-state index in [1.54, 1.807) is 45.0 Å². The highest BCUT2D eigenvalue weighted by Crippen LogP contribution is 2.70. The number of nitrogens with zero attached hydrogens (tertiary/aromatic N) is 1. The summed E-state index contributed by atoms with van der Waals surface area (Å²) in [5.41, 5.74) is -0.000169. The Labute approximate surface area is 237 Å².